The lowest BCUT2D eigenvalue weighted by Crippen LogP contribution is -2.34. The number of hydrogen-bond donors (Lipinski definition) is 0. The van der Waals surface area contributed by atoms with E-state index >= 15 is 0 Å². The zero-order chi connectivity index (χ0) is 16.1. The quantitative estimate of drug-likeness (QED) is 0.542. The second-order valence-electron chi connectivity index (χ2n) is 6.29. The van der Waals surface area contributed by atoms with Gasteiger partial charge in [-0.25, -0.2) is 0 Å². The van der Waals surface area contributed by atoms with E-state index < -0.39 is 5.41 Å². The summed E-state index contributed by atoms with van der Waals surface area (Å²) in [5.41, 5.74) is -0.126. The zero-order valence-electron chi connectivity index (χ0n) is 13.1. The van der Waals surface area contributed by atoms with Crippen molar-refractivity contribution in [2.45, 2.75) is 45.4 Å². The molecule has 0 aliphatic heterocycles. The van der Waals surface area contributed by atoms with Crippen molar-refractivity contribution in [2.75, 3.05) is 7.11 Å². The Hall–Kier alpha value is -1.16. The Morgan fingerprint density at radius 2 is 1.95 bits per heavy atom. The van der Waals surface area contributed by atoms with Crippen LogP contribution in [0.1, 0.15) is 45.6 Å². The molecule has 0 aliphatic rings. The predicted octanol–water partition coefficient (Wildman–Crippen LogP) is 4.28. The highest BCUT2D eigenvalue weighted by Gasteiger charge is 2.36. The molecule has 0 spiro atoms. The number of ether oxygens (including phenoxy) is 1. The molecular weight excluding hydrogens is 332 g/mol. The van der Waals surface area contributed by atoms with Crippen molar-refractivity contribution in [2.24, 2.45) is 5.41 Å². The van der Waals surface area contributed by atoms with Crippen LogP contribution in [0, 0.1) is 5.41 Å². The molecule has 3 nitrogen and oxygen atoms in total. The summed E-state index contributed by atoms with van der Waals surface area (Å²) in [5.74, 6) is -0.246. The van der Waals surface area contributed by atoms with Gasteiger partial charge in [0, 0.05) is 9.89 Å². The van der Waals surface area contributed by atoms with Crippen LogP contribution in [-0.4, -0.2) is 19.4 Å². The van der Waals surface area contributed by atoms with Crippen LogP contribution in [-0.2, 0) is 19.7 Å². The average molecular weight is 355 g/mol. The van der Waals surface area contributed by atoms with Crippen molar-refractivity contribution in [3.8, 4) is 0 Å². The third-order valence-corrected chi connectivity index (χ3v) is 4.41. The molecule has 1 unspecified atom stereocenters. The molecule has 0 N–H and O–H groups in total. The first-order valence-corrected chi connectivity index (χ1v) is 7.85. The van der Waals surface area contributed by atoms with Crippen LogP contribution in [0.3, 0.4) is 0 Å². The Morgan fingerprint density at radius 1 is 1.29 bits per heavy atom. The maximum atomic E-state index is 12.3. The molecule has 4 heteroatoms. The van der Waals surface area contributed by atoms with Crippen LogP contribution in [0.5, 0.6) is 0 Å². The van der Waals surface area contributed by atoms with Gasteiger partial charge in [0.1, 0.15) is 6.29 Å². The van der Waals surface area contributed by atoms with Crippen molar-refractivity contribution in [1.82, 2.24) is 0 Å². The fraction of sp³-hybridized carbons (Fsp3) is 0.529. The summed E-state index contributed by atoms with van der Waals surface area (Å²) in [4.78, 5) is 23.3. The Balaban J connectivity index is 2.95. The van der Waals surface area contributed by atoms with Crippen LogP contribution < -0.4 is 0 Å². The van der Waals surface area contributed by atoms with Crippen LogP contribution in [0.4, 0.5) is 0 Å². The molecule has 1 rings (SSSR count). The molecule has 0 bridgehead atoms. The van der Waals surface area contributed by atoms with Crippen molar-refractivity contribution in [3.05, 3.63) is 34.3 Å². The first-order valence-electron chi connectivity index (χ1n) is 7.06. The molecule has 0 fully saturated rings. The van der Waals surface area contributed by atoms with Gasteiger partial charge in [-0.05, 0) is 37.5 Å². The number of benzene rings is 1. The van der Waals surface area contributed by atoms with E-state index in [9.17, 15) is 9.59 Å². The van der Waals surface area contributed by atoms with Gasteiger partial charge in [-0.15, -0.1) is 0 Å². The number of carbonyl (C=O) groups is 2. The van der Waals surface area contributed by atoms with Crippen LogP contribution in [0.2, 0.25) is 0 Å². The highest BCUT2D eigenvalue weighted by atomic mass is 79.9. The lowest BCUT2D eigenvalue weighted by Gasteiger charge is -2.28. The molecule has 0 radical (unpaired) electrons. The summed E-state index contributed by atoms with van der Waals surface area (Å²) >= 11 is 3.44. The monoisotopic (exact) mass is 354 g/mol. The number of halogens is 1. The highest BCUT2D eigenvalue weighted by Crippen LogP contribution is 2.34. The van der Waals surface area contributed by atoms with Crippen LogP contribution in [0.15, 0.2) is 28.7 Å². The number of rotatable bonds is 7. The third kappa shape index (κ3) is 4.67. The summed E-state index contributed by atoms with van der Waals surface area (Å²) in [5, 5.41) is 0. The first-order chi connectivity index (χ1) is 9.75. The molecule has 1 aromatic carbocycles. The molecule has 0 saturated carbocycles. The van der Waals surface area contributed by atoms with E-state index in [1.807, 2.05) is 45.0 Å². The maximum absolute atomic E-state index is 12.3. The van der Waals surface area contributed by atoms with Gasteiger partial charge >= 0.3 is 5.97 Å². The lowest BCUT2D eigenvalue weighted by molar-refractivity contribution is -0.147. The predicted molar refractivity (Wildman–Crippen MR) is 87.2 cm³/mol. The third-order valence-electron chi connectivity index (χ3n) is 3.91. The van der Waals surface area contributed by atoms with Crippen molar-refractivity contribution in [1.29, 1.82) is 0 Å². The number of hydrogen-bond acceptors (Lipinski definition) is 3. The van der Waals surface area contributed by atoms with Gasteiger partial charge in [-0.2, -0.15) is 0 Å². The number of carbonyl (C=O) groups excluding carboxylic acids is 2. The lowest BCUT2D eigenvalue weighted by atomic mass is 9.76. The molecule has 1 atom stereocenters. The minimum Gasteiger partial charge on any atom is -0.468 e. The van der Waals surface area contributed by atoms with E-state index in [1.165, 1.54) is 7.11 Å². The van der Waals surface area contributed by atoms with E-state index in [4.69, 9.17) is 4.74 Å². The Morgan fingerprint density at radius 3 is 2.48 bits per heavy atom. The van der Waals surface area contributed by atoms with E-state index in [1.54, 1.807) is 0 Å². The van der Waals surface area contributed by atoms with Gasteiger partial charge in [-0.1, -0.05) is 48.3 Å². The SMILES string of the molecule is COC(=O)C(C)(CCCC(C)(C)C=O)c1cccc(Br)c1. The van der Waals surface area contributed by atoms with Gasteiger partial charge in [-0.3, -0.25) is 4.79 Å². The average Bonchev–Trinajstić information content (AvgIpc) is 2.46. The molecule has 21 heavy (non-hydrogen) atoms. The topological polar surface area (TPSA) is 43.4 Å². The fourth-order valence-corrected chi connectivity index (χ4v) is 2.78. The molecule has 0 aliphatic carbocycles. The van der Waals surface area contributed by atoms with Gasteiger partial charge in [0.05, 0.1) is 12.5 Å². The van der Waals surface area contributed by atoms with Crippen LogP contribution >= 0.6 is 15.9 Å². The zero-order valence-corrected chi connectivity index (χ0v) is 14.7. The number of esters is 1. The van der Waals surface area contributed by atoms with Gasteiger partial charge in [0.2, 0.25) is 0 Å². The summed E-state index contributed by atoms with van der Waals surface area (Å²) in [7, 11) is 1.41. The largest absolute Gasteiger partial charge is 0.468 e. The molecule has 116 valence electrons. The maximum Gasteiger partial charge on any atom is 0.315 e. The number of methoxy groups -OCH3 is 1. The number of aldehydes is 1. The first kappa shape index (κ1) is 17.9. The molecule has 0 amide bonds. The summed E-state index contributed by atoms with van der Waals surface area (Å²) in [6.45, 7) is 5.72. The van der Waals surface area contributed by atoms with Crippen molar-refractivity contribution < 1.29 is 14.3 Å². The molecule has 0 saturated heterocycles. The summed E-state index contributed by atoms with van der Waals surface area (Å²) in [6, 6.07) is 7.72. The molecule has 0 heterocycles. The molecule has 1 aromatic rings. The smallest absolute Gasteiger partial charge is 0.315 e. The summed E-state index contributed by atoms with van der Waals surface area (Å²) in [6.07, 6.45) is 3.15. The molecule has 0 aromatic heterocycles. The van der Waals surface area contributed by atoms with Crippen molar-refractivity contribution >= 4 is 28.2 Å². The van der Waals surface area contributed by atoms with Gasteiger partial charge < -0.3 is 9.53 Å². The van der Waals surface area contributed by atoms with E-state index in [2.05, 4.69) is 15.9 Å². The van der Waals surface area contributed by atoms with Crippen LogP contribution in [0.25, 0.3) is 0 Å². The normalized spacial score (nSPS) is 14.3. The minimum absolute atomic E-state index is 0.246. The van der Waals surface area contributed by atoms with E-state index in [-0.39, 0.29) is 11.4 Å². The standard InChI is InChI=1S/C17H23BrO3/c1-16(2,12-19)9-6-10-17(3,15(20)21-4)13-7-5-8-14(18)11-13/h5,7-8,11-12H,6,9-10H2,1-4H3. The molecular formula is C17H23BrO3. The van der Waals surface area contributed by atoms with E-state index in [0.717, 1.165) is 29.2 Å². The van der Waals surface area contributed by atoms with Crippen molar-refractivity contribution in [3.63, 3.8) is 0 Å². The Bertz CT molecular complexity index is 511. The van der Waals surface area contributed by atoms with E-state index in [0.29, 0.717) is 6.42 Å². The Kier molecular flexibility index (Phi) is 6.14. The second-order valence-corrected chi connectivity index (χ2v) is 7.21. The summed E-state index contributed by atoms with van der Waals surface area (Å²) < 4.78 is 5.93. The Labute approximate surface area is 135 Å². The second kappa shape index (κ2) is 7.21. The van der Waals surface area contributed by atoms with Gasteiger partial charge in [0.15, 0.2) is 0 Å². The van der Waals surface area contributed by atoms with Gasteiger partial charge in [0.25, 0.3) is 0 Å². The fourth-order valence-electron chi connectivity index (χ4n) is 2.38. The minimum atomic E-state index is -0.697. The highest BCUT2D eigenvalue weighted by molar-refractivity contribution is 9.10.